The number of carbonyl (C=O) groups is 1. The maximum absolute atomic E-state index is 11.1. The van der Waals surface area contributed by atoms with E-state index >= 15 is 0 Å². The maximum atomic E-state index is 11.1. The summed E-state index contributed by atoms with van der Waals surface area (Å²) in [4.78, 5) is 13.0. The molecule has 0 heterocycles. The highest BCUT2D eigenvalue weighted by molar-refractivity contribution is 8.03. The number of rotatable bonds is 5. The minimum atomic E-state index is -0.365. The lowest BCUT2D eigenvalue weighted by Gasteiger charge is -2.05. The molecule has 0 bridgehead atoms. The number of carbonyl (C=O) groups excluding carboxylic acids is 1. The van der Waals surface area contributed by atoms with Gasteiger partial charge in [-0.3, -0.25) is 0 Å². The monoisotopic (exact) mass is 238 g/mol. The summed E-state index contributed by atoms with van der Waals surface area (Å²) >= 11 is 1.49. The molecule has 1 aromatic carbocycles. The molecule has 86 valence electrons. The van der Waals surface area contributed by atoms with E-state index in [1.165, 1.54) is 24.9 Å². The van der Waals surface area contributed by atoms with Crippen molar-refractivity contribution in [2.24, 2.45) is 0 Å². The first kappa shape index (κ1) is 12.8. The van der Waals surface area contributed by atoms with Gasteiger partial charge in [-0.2, -0.15) is 0 Å². The van der Waals surface area contributed by atoms with Crippen molar-refractivity contribution >= 4 is 17.7 Å². The van der Waals surface area contributed by atoms with Crippen molar-refractivity contribution in [3.05, 3.63) is 41.3 Å². The Hall–Kier alpha value is -1.26. The number of ether oxygens (including phenoxy) is 2. The van der Waals surface area contributed by atoms with Crippen molar-refractivity contribution in [3.8, 4) is 0 Å². The molecule has 4 heteroatoms. The molecule has 0 aliphatic heterocycles. The van der Waals surface area contributed by atoms with Crippen molar-refractivity contribution in [3.63, 3.8) is 0 Å². The van der Waals surface area contributed by atoms with Gasteiger partial charge in [0.25, 0.3) is 0 Å². The fourth-order valence-corrected chi connectivity index (χ4v) is 2.00. The van der Waals surface area contributed by atoms with Gasteiger partial charge >= 0.3 is 5.97 Å². The van der Waals surface area contributed by atoms with Crippen LogP contribution in [0.25, 0.3) is 0 Å². The summed E-state index contributed by atoms with van der Waals surface area (Å²) in [5, 5.41) is 0. The van der Waals surface area contributed by atoms with Gasteiger partial charge in [-0.15, -0.1) is 0 Å². The minimum Gasteiger partial charge on any atom is -0.466 e. The second-order valence-electron chi connectivity index (χ2n) is 2.98. The van der Waals surface area contributed by atoms with Crippen LogP contribution in [-0.4, -0.2) is 26.8 Å². The fraction of sp³-hybridized carbons (Fsp3) is 0.250. The van der Waals surface area contributed by atoms with Crippen LogP contribution in [0.15, 0.2) is 46.2 Å². The van der Waals surface area contributed by atoms with Crippen molar-refractivity contribution in [2.45, 2.75) is 4.90 Å². The van der Waals surface area contributed by atoms with Gasteiger partial charge in [0.2, 0.25) is 0 Å². The Morgan fingerprint density at radius 1 is 1.31 bits per heavy atom. The molecule has 16 heavy (non-hydrogen) atoms. The zero-order valence-electron chi connectivity index (χ0n) is 9.30. The third-order valence-corrected chi connectivity index (χ3v) is 2.76. The van der Waals surface area contributed by atoms with E-state index in [1.54, 1.807) is 7.11 Å². The molecule has 1 aromatic rings. The summed E-state index contributed by atoms with van der Waals surface area (Å²) in [5.41, 5.74) is 0. The first-order valence-electron chi connectivity index (χ1n) is 4.76. The third kappa shape index (κ3) is 4.51. The molecule has 0 amide bonds. The molecule has 0 aliphatic rings. The SMILES string of the molecule is COC/C(=C/C(=O)OC)Sc1ccccc1. The Labute approximate surface area is 99.4 Å². The van der Waals surface area contributed by atoms with Gasteiger partial charge in [0.15, 0.2) is 0 Å². The molecule has 0 spiro atoms. The van der Waals surface area contributed by atoms with Crippen LogP contribution in [-0.2, 0) is 14.3 Å². The zero-order chi connectivity index (χ0) is 11.8. The van der Waals surface area contributed by atoms with Crippen LogP contribution in [0.1, 0.15) is 0 Å². The Balaban J connectivity index is 2.72. The highest BCUT2D eigenvalue weighted by Gasteiger charge is 2.04. The normalized spacial score (nSPS) is 11.2. The lowest BCUT2D eigenvalue weighted by Crippen LogP contribution is -1.99. The predicted molar refractivity (Wildman–Crippen MR) is 64.3 cm³/mol. The van der Waals surface area contributed by atoms with Crippen LogP contribution < -0.4 is 0 Å². The van der Waals surface area contributed by atoms with Gasteiger partial charge in [0.1, 0.15) is 0 Å². The molecule has 0 aromatic heterocycles. The first-order valence-corrected chi connectivity index (χ1v) is 5.58. The maximum Gasteiger partial charge on any atom is 0.331 e. The Bertz CT molecular complexity index is 360. The largest absolute Gasteiger partial charge is 0.466 e. The molecule has 0 fully saturated rings. The molecule has 0 N–H and O–H groups in total. The Morgan fingerprint density at radius 3 is 2.56 bits per heavy atom. The van der Waals surface area contributed by atoms with E-state index in [-0.39, 0.29) is 5.97 Å². The van der Waals surface area contributed by atoms with E-state index in [0.29, 0.717) is 6.61 Å². The number of benzene rings is 1. The van der Waals surface area contributed by atoms with Gasteiger partial charge in [-0.1, -0.05) is 30.0 Å². The van der Waals surface area contributed by atoms with E-state index in [1.807, 2.05) is 30.3 Å². The molecular weight excluding hydrogens is 224 g/mol. The Morgan fingerprint density at radius 2 is 2.00 bits per heavy atom. The molecule has 0 saturated carbocycles. The van der Waals surface area contributed by atoms with Crippen LogP contribution >= 0.6 is 11.8 Å². The summed E-state index contributed by atoms with van der Waals surface area (Å²) in [6.07, 6.45) is 1.45. The summed E-state index contributed by atoms with van der Waals surface area (Å²) in [5.74, 6) is -0.365. The van der Waals surface area contributed by atoms with Crippen LogP contribution in [0.4, 0.5) is 0 Å². The van der Waals surface area contributed by atoms with Gasteiger partial charge < -0.3 is 9.47 Å². The van der Waals surface area contributed by atoms with Gasteiger partial charge in [0, 0.05) is 23.0 Å². The Kier molecular flexibility index (Phi) is 5.67. The second kappa shape index (κ2) is 7.09. The second-order valence-corrected chi connectivity index (χ2v) is 4.18. The van der Waals surface area contributed by atoms with Crippen LogP contribution in [0.3, 0.4) is 0 Å². The molecule has 0 unspecified atom stereocenters. The zero-order valence-corrected chi connectivity index (χ0v) is 10.1. The number of hydrogen-bond donors (Lipinski definition) is 0. The number of thioether (sulfide) groups is 1. The third-order valence-electron chi connectivity index (χ3n) is 1.76. The molecule has 0 aliphatic carbocycles. The minimum absolute atomic E-state index is 0.365. The highest BCUT2D eigenvalue weighted by Crippen LogP contribution is 2.26. The van der Waals surface area contributed by atoms with Crippen molar-refractivity contribution < 1.29 is 14.3 Å². The van der Waals surface area contributed by atoms with Crippen LogP contribution in [0.2, 0.25) is 0 Å². The average Bonchev–Trinajstić information content (AvgIpc) is 2.30. The van der Waals surface area contributed by atoms with E-state index in [9.17, 15) is 4.79 Å². The molecular formula is C12H14O3S. The smallest absolute Gasteiger partial charge is 0.331 e. The number of esters is 1. The quantitative estimate of drug-likeness (QED) is 0.448. The summed E-state index contributed by atoms with van der Waals surface area (Å²) in [7, 11) is 2.95. The number of hydrogen-bond acceptors (Lipinski definition) is 4. The molecule has 0 atom stereocenters. The topological polar surface area (TPSA) is 35.5 Å². The molecule has 1 rings (SSSR count). The summed E-state index contributed by atoms with van der Waals surface area (Å²) in [6, 6.07) is 9.80. The molecule has 3 nitrogen and oxygen atoms in total. The number of methoxy groups -OCH3 is 2. The summed E-state index contributed by atoms with van der Waals surface area (Å²) in [6.45, 7) is 0.397. The van der Waals surface area contributed by atoms with E-state index < -0.39 is 0 Å². The lowest BCUT2D eigenvalue weighted by atomic mass is 10.4. The van der Waals surface area contributed by atoms with E-state index in [2.05, 4.69) is 4.74 Å². The molecule has 0 radical (unpaired) electrons. The van der Waals surface area contributed by atoms with Crippen molar-refractivity contribution in [1.29, 1.82) is 0 Å². The van der Waals surface area contributed by atoms with Gasteiger partial charge in [-0.05, 0) is 12.1 Å². The predicted octanol–water partition coefficient (Wildman–Crippen LogP) is 2.48. The average molecular weight is 238 g/mol. The standard InChI is InChI=1S/C12H14O3S/c1-14-9-11(8-12(13)15-2)16-10-6-4-3-5-7-10/h3-8H,9H2,1-2H3/b11-8-. The van der Waals surface area contributed by atoms with Crippen LogP contribution in [0, 0.1) is 0 Å². The van der Waals surface area contributed by atoms with Crippen LogP contribution in [0.5, 0.6) is 0 Å². The molecule has 0 saturated heterocycles. The van der Waals surface area contributed by atoms with Gasteiger partial charge in [-0.25, -0.2) is 4.79 Å². The summed E-state index contributed by atoms with van der Waals surface area (Å²) < 4.78 is 9.61. The van der Waals surface area contributed by atoms with Crippen molar-refractivity contribution in [1.82, 2.24) is 0 Å². The van der Waals surface area contributed by atoms with E-state index in [4.69, 9.17) is 4.74 Å². The fourth-order valence-electron chi connectivity index (χ4n) is 1.07. The highest BCUT2D eigenvalue weighted by atomic mass is 32.2. The lowest BCUT2D eigenvalue weighted by molar-refractivity contribution is -0.134. The van der Waals surface area contributed by atoms with E-state index in [0.717, 1.165) is 9.80 Å². The van der Waals surface area contributed by atoms with Crippen molar-refractivity contribution in [2.75, 3.05) is 20.8 Å². The van der Waals surface area contributed by atoms with Gasteiger partial charge in [0.05, 0.1) is 13.7 Å². The first-order chi connectivity index (χ1) is 7.76.